The van der Waals surface area contributed by atoms with Gasteiger partial charge in [0.15, 0.2) is 0 Å². The third-order valence-electron chi connectivity index (χ3n) is 5.93. The highest BCUT2D eigenvalue weighted by molar-refractivity contribution is 7.89. The van der Waals surface area contributed by atoms with Crippen molar-refractivity contribution in [3.63, 3.8) is 0 Å². The lowest BCUT2D eigenvalue weighted by Crippen LogP contribution is -2.46. The Morgan fingerprint density at radius 3 is 2.66 bits per heavy atom. The van der Waals surface area contributed by atoms with Crippen LogP contribution in [0, 0.1) is 5.92 Å². The van der Waals surface area contributed by atoms with Crippen LogP contribution in [-0.4, -0.2) is 49.3 Å². The Balaban J connectivity index is 1.32. The summed E-state index contributed by atoms with van der Waals surface area (Å²) in [6.45, 7) is 1.50. The van der Waals surface area contributed by atoms with Crippen molar-refractivity contribution in [1.82, 2.24) is 14.8 Å². The van der Waals surface area contributed by atoms with Crippen LogP contribution in [0.5, 0.6) is 0 Å². The summed E-state index contributed by atoms with van der Waals surface area (Å²) in [5.41, 5.74) is 2.60. The van der Waals surface area contributed by atoms with Crippen LogP contribution in [0.4, 0.5) is 0 Å². The van der Waals surface area contributed by atoms with Gasteiger partial charge in [0.05, 0.1) is 21.0 Å². The Labute approximate surface area is 191 Å². The number of rotatable bonds is 6. The molecule has 0 radical (unpaired) electrons. The van der Waals surface area contributed by atoms with Crippen molar-refractivity contribution in [3.05, 3.63) is 53.0 Å². The fraction of sp³-hybridized carbons (Fsp3) is 0.364. The van der Waals surface area contributed by atoms with E-state index in [4.69, 9.17) is 5.14 Å². The van der Waals surface area contributed by atoms with E-state index in [0.717, 1.165) is 28.6 Å². The maximum atomic E-state index is 13.1. The SMILES string of the molecule is Cn1c(C(=O)N2CCCC(C(=O)NCCc3ccc(S(N)(=O)=O)cc3)C2)cc2sccc21. The third-order valence-corrected chi connectivity index (χ3v) is 7.71. The van der Waals surface area contributed by atoms with Crippen molar-refractivity contribution in [2.45, 2.75) is 24.2 Å². The van der Waals surface area contributed by atoms with E-state index in [1.54, 1.807) is 28.4 Å². The topological polar surface area (TPSA) is 114 Å². The average Bonchev–Trinajstić information content (AvgIpc) is 3.36. The number of piperidine rings is 1. The Kier molecular flexibility index (Phi) is 6.36. The molecule has 0 aliphatic carbocycles. The van der Waals surface area contributed by atoms with Crippen molar-refractivity contribution in [3.8, 4) is 0 Å². The standard InChI is InChI=1S/C22H26N4O4S2/c1-25-18-9-12-31-20(18)13-19(25)22(28)26-11-2-3-16(14-26)21(27)24-10-8-15-4-6-17(7-5-15)32(23,29)30/h4-7,9,12-13,16H,2-3,8,10-11,14H2,1H3,(H,24,27)(H2,23,29,30). The minimum atomic E-state index is -3.71. The van der Waals surface area contributed by atoms with Gasteiger partial charge in [0, 0.05) is 26.7 Å². The highest BCUT2D eigenvalue weighted by Crippen LogP contribution is 2.26. The number of nitrogens with zero attached hydrogens (tertiary/aromatic N) is 2. The number of fused-ring (bicyclic) bond motifs is 1. The second-order valence-corrected chi connectivity index (χ2v) is 10.6. The summed E-state index contributed by atoms with van der Waals surface area (Å²) >= 11 is 1.61. The van der Waals surface area contributed by atoms with Crippen LogP contribution >= 0.6 is 11.3 Å². The average molecular weight is 475 g/mol. The van der Waals surface area contributed by atoms with Crippen LogP contribution in [0.25, 0.3) is 10.2 Å². The van der Waals surface area contributed by atoms with E-state index in [1.165, 1.54) is 12.1 Å². The molecule has 1 aliphatic rings. The van der Waals surface area contributed by atoms with Gasteiger partial charge in [0.1, 0.15) is 5.69 Å². The summed E-state index contributed by atoms with van der Waals surface area (Å²) in [7, 11) is -1.82. The van der Waals surface area contributed by atoms with Crippen LogP contribution in [0.3, 0.4) is 0 Å². The maximum Gasteiger partial charge on any atom is 0.270 e. The Bertz CT molecular complexity index is 1240. The van der Waals surface area contributed by atoms with Crippen molar-refractivity contribution in [1.29, 1.82) is 0 Å². The van der Waals surface area contributed by atoms with Gasteiger partial charge in [-0.25, -0.2) is 13.6 Å². The molecule has 3 N–H and O–H groups in total. The zero-order valence-electron chi connectivity index (χ0n) is 17.8. The highest BCUT2D eigenvalue weighted by Gasteiger charge is 2.30. The molecule has 32 heavy (non-hydrogen) atoms. The van der Waals surface area contributed by atoms with E-state index >= 15 is 0 Å². The minimum absolute atomic E-state index is 0.0386. The van der Waals surface area contributed by atoms with E-state index in [-0.39, 0.29) is 22.6 Å². The molecule has 3 heterocycles. The number of likely N-dealkylation sites (tertiary alicyclic amines) is 1. The number of benzene rings is 1. The predicted molar refractivity (Wildman–Crippen MR) is 124 cm³/mol. The summed E-state index contributed by atoms with van der Waals surface area (Å²) in [5, 5.41) is 10.1. The number of hydrogen-bond donors (Lipinski definition) is 2. The van der Waals surface area contributed by atoms with E-state index in [2.05, 4.69) is 5.32 Å². The number of carbonyl (C=O) groups excluding carboxylic acids is 2. The molecule has 3 aromatic rings. The summed E-state index contributed by atoms with van der Waals surface area (Å²) in [4.78, 5) is 27.6. The number of nitrogens with two attached hydrogens (primary N) is 1. The van der Waals surface area contributed by atoms with Crippen LogP contribution in [0.2, 0.25) is 0 Å². The third kappa shape index (κ3) is 4.72. The van der Waals surface area contributed by atoms with Crippen LogP contribution in [0.15, 0.2) is 46.7 Å². The van der Waals surface area contributed by atoms with Crippen molar-refractivity contribution in [2.75, 3.05) is 19.6 Å². The number of sulfonamides is 1. The first kappa shape index (κ1) is 22.5. The van der Waals surface area contributed by atoms with Crippen LogP contribution in [0.1, 0.15) is 28.9 Å². The monoisotopic (exact) mass is 474 g/mol. The summed E-state index contributed by atoms with van der Waals surface area (Å²) in [6, 6.07) is 10.2. The number of primary sulfonamides is 1. The second-order valence-electron chi connectivity index (χ2n) is 8.08. The molecule has 1 fully saturated rings. The molecule has 8 nitrogen and oxygen atoms in total. The fourth-order valence-electron chi connectivity index (χ4n) is 4.11. The zero-order valence-corrected chi connectivity index (χ0v) is 19.4. The van der Waals surface area contributed by atoms with Gasteiger partial charge in [-0.15, -0.1) is 11.3 Å². The lowest BCUT2D eigenvalue weighted by Gasteiger charge is -2.32. The first-order valence-electron chi connectivity index (χ1n) is 10.5. The molecule has 1 unspecified atom stereocenters. The van der Waals surface area contributed by atoms with Gasteiger partial charge < -0.3 is 14.8 Å². The highest BCUT2D eigenvalue weighted by atomic mass is 32.2. The molecule has 1 atom stereocenters. The first-order chi connectivity index (χ1) is 15.2. The lowest BCUT2D eigenvalue weighted by atomic mass is 9.96. The van der Waals surface area contributed by atoms with Gasteiger partial charge >= 0.3 is 0 Å². The number of hydrogen-bond acceptors (Lipinski definition) is 5. The lowest BCUT2D eigenvalue weighted by molar-refractivity contribution is -0.126. The Morgan fingerprint density at radius 1 is 1.22 bits per heavy atom. The van der Waals surface area contributed by atoms with Crippen LogP contribution in [-0.2, 0) is 28.3 Å². The second kappa shape index (κ2) is 9.05. The molecule has 0 bridgehead atoms. The smallest absolute Gasteiger partial charge is 0.270 e. The molecule has 4 rings (SSSR count). The van der Waals surface area contributed by atoms with Gasteiger partial charge in [-0.05, 0) is 54.5 Å². The van der Waals surface area contributed by atoms with E-state index < -0.39 is 10.0 Å². The van der Waals surface area contributed by atoms with E-state index in [9.17, 15) is 18.0 Å². The van der Waals surface area contributed by atoms with Crippen molar-refractivity contribution in [2.24, 2.45) is 18.1 Å². The molecular weight excluding hydrogens is 448 g/mol. The summed E-state index contributed by atoms with van der Waals surface area (Å²) in [6.07, 6.45) is 2.12. The molecule has 2 aromatic heterocycles. The van der Waals surface area contributed by atoms with Gasteiger partial charge in [0.2, 0.25) is 15.9 Å². The summed E-state index contributed by atoms with van der Waals surface area (Å²) in [5.74, 6) is -0.335. The molecule has 2 amide bonds. The molecule has 170 valence electrons. The molecular formula is C22H26N4O4S2. The van der Waals surface area contributed by atoms with Gasteiger partial charge in [-0.2, -0.15) is 0 Å². The normalized spacial score (nSPS) is 16.9. The Hall–Kier alpha value is -2.69. The van der Waals surface area contributed by atoms with Gasteiger partial charge in [0.25, 0.3) is 5.91 Å². The zero-order chi connectivity index (χ0) is 22.9. The molecule has 1 saturated heterocycles. The minimum Gasteiger partial charge on any atom is -0.355 e. The summed E-state index contributed by atoms with van der Waals surface area (Å²) < 4.78 is 25.7. The maximum absolute atomic E-state index is 13.1. The number of carbonyl (C=O) groups is 2. The fourth-order valence-corrected chi connectivity index (χ4v) is 5.48. The van der Waals surface area contributed by atoms with Crippen molar-refractivity contribution < 1.29 is 18.0 Å². The number of aryl methyl sites for hydroxylation is 1. The molecule has 1 aromatic carbocycles. The number of aromatic nitrogens is 1. The molecule has 0 spiro atoms. The van der Waals surface area contributed by atoms with Crippen molar-refractivity contribution >= 4 is 43.4 Å². The van der Waals surface area contributed by atoms with E-state index in [0.29, 0.717) is 31.7 Å². The van der Waals surface area contributed by atoms with Gasteiger partial charge in [-0.3, -0.25) is 9.59 Å². The number of amides is 2. The quantitative estimate of drug-likeness (QED) is 0.569. The molecule has 1 aliphatic heterocycles. The number of nitrogens with one attached hydrogen (secondary N) is 1. The molecule has 10 heteroatoms. The first-order valence-corrected chi connectivity index (χ1v) is 12.9. The Morgan fingerprint density at radius 2 is 1.97 bits per heavy atom. The predicted octanol–water partition coefficient (Wildman–Crippen LogP) is 2.10. The molecule has 0 saturated carbocycles. The van der Waals surface area contributed by atoms with Gasteiger partial charge in [-0.1, -0.05) is 12.1 Å². The largest absolute Gasteiger partial charge is 0.355 e. The number of thiophene rings is 1. The van der Waals surface area contributed by atoms with Crippen LogP contribution < -0.4 is 10.5 Å². The van der Waals surface area contributed by atoms with E-state index in [1.807, 2.05) is 29.1 Å².